The molecule has 2 aromatic heterocycles. The van der Waals surface area contributed by atoms with Crippen LogP contribution in [-0.4, -0.2) is 41.0 Å². The van der Waals surface area contributed by atoms with E-state index < -0.39 is 0 Å². The van der Waals surface area contributed by atoms with Crippen molar-refractivity contribution < 1.29 is 14.3 Å². The SMILES string of the molecule is COCCOc1nc(-c2cccs2)n(-c2ccc(NC(=O)C(C)C)cc2)n1. The van der Waals surface area contributed by atoms with Gasteiger partial charge in [-0.3, -0.25) is 4.79 Å². The standard InChI is InChI=1S/C19H22N4O3S/c1-13(2)18(24)20-14-6-8-15(9-7-14)23-17(16-5-4-12-27-16)21-19(22-23)26-11-10-25-3/h4-9,12-13H,10-11H2,1-3H3,(H,20,24). The van der Waals surface area contributed by atoms with Gasteiger partial charge in [0.05, 0.1) is 17.2 Å². The Morgan fingerprint density at radius 2 is 2.00 bits per heavy atom. The summed E-state index contributed by atoms with van der Waals surface area (Å²) in [6.07, 6.45) is 0. The zero-order valence-corrected chi connectivity index (χ0v) is 16.3. The number of ether oxygens (including phenoxy) is 2. The summed E-state index contributed by atoms with van der Waals surface area (Å²) in [7, 11) is 1.62. The molecule has 27 heavy (non-hydrogen) atoms. The molecular formula is C19H22N4O3S. The Labute approximate surface area is 162 Å². The lowest BCUT2D eigenvalue weighted by Gasteiger charge is -2.09. The van der Waals surface area contributed by atoms with Crippen molar-refractivity contribution in [1.82, 2.24) is 14.8 Å². The van der Waals surface area contributed by atoms with E-state index in [9.17, 15) is 4.79 Å². The van der Waals surface area contributed by atoms with E-state index in [1.165, 1.54) is 0 Å². The van der Waals surface area contributed by atoms with Crippen LogP contribution in [0.15, 0.2) is 41.8 Å². The van der Waals surface area contributed by atoms with Crippen LogP contribution in [0.25, 0.3) is 16.4 Å². The quantitative estimate of drug-likeness (QED) is 0.598. The first kappa shape index (κ1) is 19.1. The molecule has 1 N–H and O–H groups in total. The molecule has 1 amide bonds. The van der Waals surface area contributed by atoms with Crippen LogP contribution >= 0.6 is 11.3 Å². The monoisotopic (exact) mass is 386 g/mol. The molecule has 8 heteroatoms. The Kier molecular flexibility index (Phi) is 6.20. The molecule has 0 spiro atoms. The van der Waals surface area contributed by atoms with Crippen molar-refractivity contribution in [3.8, 4) is 22.4 Å². The fourth-order valence-corrected chi connectivity index (χ4v) is 2.99. The number of hydrogen-bond acceptors (Lipinski definition) is 6. The first-order chi connectivity index (χ1) is 13.1. The van der Waals surface area contributed by atoms with Gasteiger partial charge in [0.2, 0.25) is 5.91 Å². The largest absolute Gasteiger partial charge is 0.460 e. The average molecular weight is 386 g/mol. The Balaban J connectivity index is 1.87. The zero-order valence-electron chi connectivity index (χ0n) is 15.5. The summed E-state index contributed by atoms with van der Waals surface area (Å²) in [5, 5.41) is 9.35. The molecule has 142 valence electrons. The third-order valence-corrected chi connectivity index (χ3v) is 4.62. The lowest BCUT2D eigenvalue weighted by molar-refractivity contribution is -0.118. The predicted molar refractivity (Wildman–Crippen MR) is 106 cm³/mol. The van der Waals surface area contributed by atoms with Gasteiger partial charge >= 0.3 is 6.01 Å². The number of nitrogens with one attached hydrogen (secondary N) is 1. The van der Waals surface area contributed by atoms with Gasteiger partial charge in [-0.05, 0) is 35.7 Å². The van der Waals surface area contributed by atoms with Gasteiger partial charge in [-0.15, -0.1) is 16.4 Å². The van der Waals surface area contributed by atoms with E-state index in [0.717, 1.165) is 16.3 Å². The third-order valence-electron chi connectivity index (χ3n) is 3.75. The second-order valence-corrected chi connectivity index (χ2v) is 7.09. The maximum absolute atomic E-state index is 11.8. The van der Waals surface area contributed by atoms with Gasteiger partial charge in [-0.1, -0.05) is 19.9 Å². The van der Waals surface area contributed by atoms with Crippen LogP contribution in [0, 0.1) is 5.92 Å². The van der Waals surface area contributed by atoms with Gasteiger partial charge in [0.1, 0.15) is 6.61 Å². The summed E-state index contributed by atoms with van der Waals surface area (Å²) in [6.45, 7) is 4.56. The molecule has 0 fully saturated rings. The van der Waals surface area contributed by atoms with Gasteiger partial charge in [-0.25, -0.2) is 4.68 Å². The summed E-state index contributed by atoms with van der Waals surface area (Å²) < 4.78 is 12.3. The number of thiophene rings is 1. The van der Waals surface area contributed by atoms with Crippen molar-refractivity contribution in [2.24, 2.45) is 5.92 Å². The fraction of sp³-hybridized carbons (Fsp3) is 0.316. The van der Waals surface area contributed by atoms with E-state index in [-0.39, 0.29) is 11.8 Å². The summed E-state index contributed by atoms with van der Waals surface area (Å²) >= 11 is 1.58. The Bertz CT molecular complexity index is 873. The molecule has 0 aliphatic carbocycles. The minimum Gasteiger partial charge on any atom is -0.460 e. The van der Waals surface area contributed by atoms with Crippen LogP contribution in [0.4, 0.5) is 5.69 Å². The third kappa shape index (κ3) is 4.72. The normalized spacial score (nSPS) is 11.0. The number of methoxy groups -OCH3 is 1. The van der Waals surface area contributed by atoms with Crippen LogP contribution in [0.2, 0.25) is 0 Å². The van der Waals surface area contributed by atoms with Crippen molar-refractivity contribution in [3.63, 3.8) is 0 Å². The molecule has 2 heterocycles. The van der Waals surface area contributed by atoms with Crippen LogP contribution in [-0.2, 0) is 9.53 Å². The summed E-state index contributed by atoms with van der Waals surface area (Å²) in [5.41, 5.74) is 1.57. The predicted octanol–water partition coefficient (Wildman–Crippen LogP) is 3.62. The van der Waals surface area contributed by atoms with E-state index in [0.29, 0.717) is 25.0 Å². The fourth-order valence-electron chi connectivity index (χ4n) is 2.29. The highest BCUT2D eigenvalue weighted by Gasteiger charge is 2.16. The number of carbonyl (C=O) groups excluding carboxylic acids is 1. The van der Waals surface area contributed by atoms with E-state index in [4.69, 9.17) is 9.47 Å². The van der Waals surface area contributed by atoms with Gasteiger partial charge in [-0.2, -0.15) is 4.98 Å². The lowest BCUT2D eigenvalue weighted by Crippen LogP contribution is -2.17. The highest BCUT2D eigenvalue weighted by atomic mass is 32.1. The van der Waals surface area contributed by atoms with Gasteiger partial charge in [0.25, 0.3) is 0 Å². The summed E-state index contributed by atoms with van der Waals surface area (Å²) in [6, 6.07) is 11.7. The molecule has 0 unspecified atom stereocenters. The molecule has 0 saturated heterocycles. The van der Waals surface area contributed by atoms with Gasteiger partial charge in [0, 0.05) is 18.7 Å². The first-order valence-corrected chi connectivity index (χ1v) is 9.50. The Morgan fingerprint density at radius 3 is 2.63 bits per heavy atom. The molecule has 0 aliphatic heterocycles. The summed E-state index contributed by atoms with van der Waals surface area (Å²) in [4.78, 5) is 17.3. The van der Waals surface area contributed by atoms with Gasteiger partial charge in [0.15, 0.2) is 5.82 Å². The number of benzene rings is 1. The molecule has 1 aromatic carbocycles. The van der Waals surface area contributed by atoms with E-state index >= 15 is 0 Å². The maximum Gasteiger partial charge on any atom is 0.336 e. The van der Waals surface area contributed by atoms with E-state index in [1.54, 1.807) is 23.1 Å². The van der Waals surface area contributed by atoms with Crippen molar-refractivity contribution in [3.05, 3.63) is 41.8 Å². The zero-order chi connectivity index (χ0) is 19.2. The number of aromatic nitrogens is 3. The van der Waals surface area contributed by atoms with Crippen molar-refractivity contribution >= 4 is 22.9 Å². The number of carbonyl (C=O) groups is 1. The maximum atomic E-state index is 11.8. The second-order valence-electron chi connectivity index (χ2n) is 6.14. The van der Waals surface area contributed by atoms with Crippen molar-refractivity contribution in [2.45, 2.75) is 13.8 Å². The molecule has 3 aromatic rings. The molecule has 0 aliphatic rings. The Hall–Kier alpha value is -2.71. The second kappa shape index (κ2) is 8.79. The number of nitrogens with zero attached hydrogens (tertiary/aromatic N) is 3. The molecule has 0 atom stereocenters. The van der Waals surface area contributed by atoms with Crippen molar-refractivity contribution in [2.75, 3.05) is 25.6 Å². The van der Waals surface area contributed by atoms with Crippen molar-refractivity contribution in [1.29, 1.82) is 0 Å². The van der Waals surface area contributed by atoms with Gasteiger partial charge < -0.3 is 14.8 Å². The number of anilines is 1. The van der Waals surface area contributed by atoms with Crippen LogP contribution < -0.4 is 10.1 Å². The highest BCUT2D eigenvalue weighted by Crippen LogP contribution is 2.27. The molecule has 0 radical (unpaired) electrons. The number of hydrogen-bond donors (Lipinski definition) is 1. The van der Waals surface area contributed by atoms with E-state index in [2.05, 4.69) is 15.4 Å². The smallest absolute Gasteiger partial charge is 0.336 e. The first-order valence-electron chi connectivity index (χ1n) is 8.62. The summed E-state index contributed by atoms with van der Waals surface area (Å²) in [5.74, 6) is 0.616. The minimum atomic E-state index is -0.0720. The van der Waals surface area contributed by atoms with Crippen LogP contribution in [0.3, 0.4) is 0 Å². The number of amides is 1. The average Bonchev–Trinajstić information content (AvgIpc) is 3.32. The number of rotatable bonds is 8. The topological polar surface area (TPSA) is 78.3 Å². The molecule has 7 nitrogen and oxygen atoms in total. The lowest BCUT2D eigenvalue weighted by atomic mass is 10.2. The minimum absolute atomic E-state index is 0.0170. The molecular weight excluding hydrogens is 364 g/mol. The molecule has 0 saturated carbocycles. The van der Waals surface area contributed by atoms with Crippen LogP contribution in [0.5, 0.6) is 6.01 Å². The molecule has 0 bridgehead atoms. The Morgan fingerprint density at radius 1 is 1.22 bits per heavy atom. The van der Waals surface area contributed by atoms with Crippen LogP contribution in [0.1, 0.15) is 13.8 Å². The van der Waals surface area contributed by atoms with E-state index in [1.807, 2.05) is 55.6 Å². The highest BCUT2D eigenvalue weighted by molar-refractivity contribution is 7.13. The molecule has 3 rings (SSSR count).